The Labute approximate surface area is 212 Å². The first-order chi connectivity index (χ1) is 18.1. The molecular formula is C24H16F6N6O2. The molecule has 0 amide bonds. The number of halogens is 6. The molecule has 0 aromatic heterocycles. The molecule has 0 aliphatic heterocycles. The lowest BCUT2D eigenvalue weighted by molar-refractivity contribution is -0.144. The number of rotatable bonds is 9. The van der Waals surface area contributed by atoms with Crippen molar-refractivity contribution < 1.29 is 35.9 Å². The third kappa shape index (κ3) is 5.04. The van der Waals surface area contributed by atoms with Crippen LogP contribution in [0.15, 0.2) is 0 Å². The summed E-state index contributed by atoms with van der Waals surface area (Å²) >= 11 is 0. The number of hydrogen-bond donors (Lipinski definition) is 1. The summed E-state index contributed by atoms with van der Waals surface area (Å²) in [7, 11) is 0. The molecule has 0 unspecified atom stereocenters. The molecule has 0 heterocycles. The quantitative estimate of drug-likeness (QED) is 0.218. The maximum atomic E-state index is 15.4. The monoisotopic (exact) mass is 534 g/mol. The molecule has 2 N–H and O–H groups in total. The minimum absolute atomic E-state index is 0.00796. The van der Waals surface area contributed by atoms with Gasteiger partial charge in [0, 0.05) is 0 Å². The highest BCUT2D eigenvalue weighted by atomic mass is 19.2. The van der Waals surface area contributed by atoms with Crippen molar-refractivity contribution in [2.45, 2.75) is 32.2 Å². The van der Waals surface area contributed by atoms with E-state index in [0.717, 1.165) is 12.1 Å². The lowest BCUT2D eigenvalue weighted by Crippen LogP contribution is -2.42. The minimum atomic E-state index is -2.17. The Morgan fingerprint density at radius 2 is 1.18 bits per heavy atom. The highest BCUT2D eigenvalue weighted by molar-refractivity contribution is 5.88. The first-order valence-electron chi connectivity index (χ1n) is 10.7. The molecule has 2 aromatic carbocycles. The first-order valence-corrected chi connectivity index (χ1v) is 10.7. The fraction of sp³-hybridized carbons (Fsp3) is 0.292. The van der Waals surface area contributed by atoms with Gasteiger partial charge in [-0.1, -0.05) is 0 Å². The molecule has 0 aliphatic carbocycles. The fourth-order valence-corrected chi connectivity index (χ4v) is 3.65. The average Bonchev–Trinajstić information content (AvgIpc) is 2.89. The van der Waals surface area contributed by atoms with Crippen molar-refractivity contribution in [3.63, 3.8) is 0 Å². The summed E-state index contributed by atoms with van der Waals surface area (Å²) in [6.07, 6.45) is -0.278. The van der Waals surface area contributed by atoms with E-state index in [2.05, 4.69) is 0 Å². The largest absolute Gasteiger partial charge is 0.464 e. The number of benzene rings is 2. The van der Waals surface area contributed by atoms with Crippen LogP contribution in [0.25, 0.3) is 0 Å². The topological polar surface area (TPSA) is 151 Å². The average molecular weight is 534 g/mol. The Balaban J connectivity index is 3.22. The Morgan fingerprint density at radius 1 is 0.763 bits per heavy atom. The molecular weight excluding hydrogens is 518 g/mol. The second kappa shape index (κ2) is 12.4. The Morgan fingerprint density at radius 3 is 1.53 bits per heavy atom. The zero-order valence-corrected chi connectivity index (χ0v) is 19.5. The van der Waals surface area contributed by atoms with E-state index in [4.69, 9.17) is 21.0 Å². The number of nitriles is 4. The van der Waals surface area contributed by atoms with Crippen LogP contribution in [0, 0.1) is 80.2 Å². The van der Waals surface area contributed by atoms with Gasteiger partial charge in [-0.25, -0.2) is 31.1 Å². The van der Waals surface area contributed by atoms with Crippen LogP contribution >= 0.6 is 0 Å². The standard InChI is InChI=1S/C24H16F6N6O2/c1-2-38-24(37)15(5-3-4-6-31)36(22-13(9-34)16(25)11(7-32)18(27)20(22)29)23-14(10-35)17(26)12(8-33)19(28)21(23)30/h15H,2-6,31H2,1H3/t15-/m1/s1. The third-order valence-electron chi connectivity index (χ3n) is 5.32. The SMILES string of the molecule is CCOC(=O)[C@@H](CCCCN)N(c1c(F)c(F)c(C#N)c(F)c1C#N)c1c(F)c(F)c(C#N)c(F)c1C#N. The summed E-state index contributed by atoms with van der Waals surface area (Å²) in [5, 5.41) is 37.2. The van der Waals surface area contributed by atoms with Crippen molar-refractivity contribution in [2.24, 2.45) is 5.73 Å². The molecule has 0 radical (unpaired) electrons. The highest BCUT2D eigenvalue weighted by Gasteiger charge is 2.40. The number of carbonyl (C=O) groups excluding carboxylic acids is 1. The van der Waals surface area contributed by atoms with Crippen molar-refractivity contribution in [3.05, 3.63) is 57.2 Å². The van der Waals surface area contributed by atoms with E-state index in [9.17, 15) is 32.9 Å². The predicted molar refractivity (Wildman–Crippen MR) is 117 cm³/mol. The van der Waals surface area contributed by atoms with Gasteiger partial charge in [0.15, 0.2) is 34.9 Å². The van der Waals surface area contributed by atoms with Crippen molar-refractivity contribution in [2.75, 3.05) is 18.1 Å². The third-order valence-corrected chi connectivity index (χ3v) is 5.32. The molecule has 196 valence electrons. The van der Waals surface area contributed by atoms with Crippen LogP contribution in [0.1, 0.15) is 48.4 Å². The number of unbranched alkanes of at least 4 members (excludes halogenated alkanes) is 1. The van der Waals surface area contributed by atoms with Crippen molar-refractivity contribution in [3.8, 4) is 24.3 Å². The van der Waals surface area contributed by atoms with Gasteiger partial charge in [0.25, 0.3) is 0 Å². The Kier molecular flexibility index (Phi) is 9.64. The van der Waals surface area contributed by atoms with Crippen LogP contribution in [0.3, 0.4) is 0 Å². The van der Waals surface area contributed by atoms with Gasteiger partial charge in [0.1, 0.15) is 63.9 Å². The molecule has 0 bridgehead atoms. The van der Waals surface area contributed by atoms with Crippen LogP contribution in [0.2, 0.25) is 0 Å². The molecule has 1 atom stereocenters. The maximum absolute atomic E-state index is 15.4. The van der Waals surface area contributed by atoms with E-state index in [-0.39, 0.29) is 30.9 Å². The van der Waals surface area contributed by atoms with Crippen molar-refractivity contribution in [1.29, 1.82) is 21.0 Å². The van der Waals surface area contributed by atoms with Crippen molar-refractivity contribution >= 4 is 17.3 Å². The molecule has 0 fully saturated rings. The van der Waals surface area contributed by atoms with Gasteiger partial charge in [0.05, 0.1) is 6.61 Å². The molecule has 38 heavy (non-hydrogen) atoms. The smallest absolute Gasteiger partial charge is 0.329 e. The second-order valence-corrected chi connectivity index (χ2v) is 7.45. The van der Waals surface area contributed by atoms with E-state index >= 15 is 8.78 Å². The number of esters is 1. The van der Waals surface area contributed by atoms with Crippen LogP contribution in [-0.4, -0.2) is 25.2 Å². The number of nitrogens with two attached hydrogens (primary N) is 1. The lowest BCUT2D eigenvalue weighted by Gasteiger charge is -2.34. The van der Waals surface area contributed by atoms with Crippen LogP contribution in [0.4, 0.5) is 37.7 Å². The van der Waals surface area contributed by atoms with Gasteiger partial charge in [-0.3, -0.25) is 0 Å². The molecule has 0 spiro atoms. The predicted octanol–water partition coefficient (Wildman–Crippen LogP) is 4.21. The van der Waals surface area contributed by atoms with E-state index in [1.165, 1.54) is 19.1 Å². The zero-order valence-electron chi connectivity index (χ0n) is 19.5. The normalized spacial score (nSPS) is 11.1. The first kappa shape index (κ1) is 29.4. The number of carbonyl (C=O) groups is 1. The fourth-order valence-electron chi connectivity index (χ4n) is 3.65. The molecule has 0 saturated carbocycles. The summed E-state index contributed by atoms with van der Waals surface area (Å²) in [6.45, 7) is 1.07. The Hall–Kier alpha value is -4.79. The van der Waals surface area contributed by atoms with Crippen LogP contribution < -0.4 is 10.6 Å². The van der Waals surface area contributed by atoms with Crippen LogP contribution in [-0.2, 0) is 9.53 Å². The summed E-state index contributed by atoms with van der Waals surface area (Å²) in [6, 6.07) is 2.35. The molecule has 0 aliphatic rings. The van der Waals surface area contributed by atoms with Gasteiger partial charge in [-0.2, -0.15) is 21.0 Å². The summed E-state index contributed by atoms with van der Waals surface area (Å²) in [5.74, 6) is -13.8. The van der Waals surface area contributed by atoms with Gasteiger partial charge in [-0.15, -0.1) is 0 Å². The zero-order chi connectivity index (χ0) is 28.7. The van der Waals surface area contributed by atoms with E-state index in [1.54, 1.807) is 0 Å². The molecule has 2 rings (SSSR count). The number of ether oxygens (including phenoxy) is 1. The molecule has 2 aromatic rings. The van der Waals surface area contributed by atoms with Crippen molar-refractivity contribution in [1.82, 2.24) is 0 Å². The van der Waals surface area contributed by atoms with E-state index in [0.29, 0.717) is 0 Å². The second-order valence-electron chi connectivity index (χ2n) is 7.45. The molecule has 14 heteroatoms. The van der Waals surface area contributed by atoms with E-state index in [1.807, 2.05) is 0 Å². The Bertz CT molecular complexity index is 1360. The minimum Gasteiger partial charge on any atom is -0.464 e. The van der Waals surface area contributed by atoms with Gasteiger partial charge >= 0.3 is 5.97 Å². The summed E-state index contributed by atoms with van der Waals surface area (Å²) in [5.41, 5.74) is -3.61. The van der Waals surface area contributed by atoms with E-state index < -0.39 is 87.0 Å². The maximum Gasteiger partial charge on any atom is 0.329 e. The van der Waals surface area contributed by atoms with Gasteiger partial charge in [0.2, 0.25) is 0 Å². The van der Waals surface area contributed by atoms with Crippen LogP contribution in [0.5, 0.6) is 0 Å². The van der Waals surface area contributed by atoms with Gasteiger partial charge in [-0.05, 0) is 32.7 Å². The summed E-state index contributed by atoms with van der Waals surface area (Å²) in [4.78, 5) is 13.0. The summed E-state index contributed by atoms with van der Waals surface area (Å²) < 4.78 is 95.2. The number of anilines is 2. The highest BCUT2D eigenvalue weighted by Crippen LogP contribution is 2.43. The number of hydrogen-bond acceptors (Lipinski definition) is 8. The lowest BCUT2D eigenvalue weighted by atomic mass is 9.98. The molecule has 0 saturated heterocycles. The van der Waals surface area contributed by atoms with Gasteiger partial charge < -0.3 is 15.4 Å². The molecule has 8 nitrogen and oxygen atoms in total. The number of nitrogens with zero attached hydrogens (tertiary/aromatic N) is 5.